The van der Waals surface area contributed by atoms with Gasteiger partial charge in [-0.3, -0.25) is 4.98 Å². The molecule has 3 aromatic rings. The molecule has 0 bridgehead atoms. The predicted molar refractivity (Wildman–Crippen MR) is 83.1 cm³/mol. The smallest absolute Gasteiger partial charge is 0.200 e. The maximum atomic E-state index is 13.5. The van der Waals surface area contributed by atoms with Crippen molar-refractivity contribution in [1.82, 2.24) is 25.2 Å². The molecule has 0 saturated heterocycles. The summed E-state index contributed by atoms with van der Waals surface area (Å²) in [7, 11) is 0. The van der Waals surface area contributed by atoms with Crippen molar-refractivity contribution in [3.63, 3.8) is 0 Å². The van der Waals surface area contributed by atoms with E-state index in [4.69, 9.17) is 4.74 Å². The van der Waals surface area contributed by atoms with Crippen molar-refractivity contribution in [2.24, 2.45) is 0 Å². The van der Waals surface area contributed by atoms with Gasteiger partial charge in [-0.05, 0) is 28.6 Å². The fourth-order valence-electron chi connectivity index (χ4n) is 2.18. The Bertz CT molecular complexity index is 781. The van der Waals surface area contributed by atoms with Crippen LogP contribution in [0, 0.1) is 5.82 Å². The van der Waals surface area contributed by atoms with Crippen molar-refractivity contribution in [3.05, 3.63) is 60.0 Å². The van der Waals surface area contributed by atoms with E-state index < -0.39 is 6.10 Å². The minimum absolute atomic E-state index is 0.0376. The molecule has 0 aliphatic carbocycles. The molecule has 8 heteroatoms. The molecule has 0 spiro atoms. The van der Waals surface area contributed by atoms with Gasteiger partial charge in [0.1, 0.15) is 11.5 Å². The quantitative estimate of drug-likeness (QED) is 0.706. The lowest BCUT2D eigenvalue weighted by Crippen LogP contribution is -2.23. The molecule has 0 fully saturated rings. The van der Waals surface area contributed by atoms with E-state index in [1.807, 2.05) is 6.07 Å². The molecular weight excluding hydrogens is 313 g/mol. The van der Waals surface area contributed by atoms with E-state index in [1.54, 1.807) is 36.5 Å². The van der Waals surface area contributed by atoms with Gasteiger partial charge in [0.2, 0.25) is 5.82 Å². The molecule has 124 valence electrons. The van der Waals surface area contributed by atoms with Crippen molar-refractivity contribution < 1.29 is 14.2 Å². The average Bonchev–Trinajstić information content (AvgIpc) is 3.05. The van der Waals surface area contributed by atoms with Gasteiger partial charge in [-0.25, -0.2) is 9.07 Å². The maximum absolute atomic E-state index is 13.5. The number of tetrazole rings is 1. The zero-order valence-electron chi connectivity index (χ0n) is 12.8. The van der Waals surface area contributed by atoms with Crippen LogP contribution in [0.2, 0.25) is 0 Å². The minimum Gasteiger partial charge on any atom is -0.389 e. The first-order chi connectivity index (χ1) is 11.7. The molecule has 0 unspecified atom stereocenters. The Kier molecular flexibility index (Phi) is 5.19. The van der Waals surface area contributed by atoms with Crippen molar-refractivity contribution in [2.45, 2.75) is 19.3 Å². The van der Waals surface area contributed by atoms with Gasteiger partial charge in [0, 0.05) is 11.8 Å². The number of rotatable bonds is 7. The van der Waals surface area contributed by atoms with Gasteiger partial charge in [-0.2, -0.15) is 0 Å². The lowest BCUT2D eigenvalue weighted by molar-refractivity contribution is 0.0178. The SMILES string of the molecule is O[C@H](COCc1ccccc1F)Cn1nnnc1-c1ccccn1. The van der Waals surface area contributed by atoms with Crippen LogP contribution >= 0.6 is 0 Å². The van der Waals surface area contributed by atoms with E-state index in [2.05, 4.69) is 20.5 Å². The van der Waals surface area contributed by atoms with E-state index in [9.17, 15) is 9.50 Å². The number of hydrogen-bond acceptors (Lipinski definition) is 6. The van der Waals surface area contributed by atoms with Crippen LogP contribution in [0.4, 0.5) is 4.39 Å². The fourth-order valence-corrected chi connectivity index (χ4v) is 2.18. The molecule has 0 amide bonds. The van der Waals surface area contributed by atoms with Gasteiger partial charge >= 0.3 is 0 Å². The molecule has 0 aliphatic rings. The van der Waals surface area contributed by atoms with Gasteiger partial charge < -0.3 is 9.84 Å². The zero-order valence-corrected chi connectivity index (χ0v) is 12.8. The normalized spacial score (nSPS) is 12.2. The summed E-state index contributed by atoms with van der Waals surface area (Å²) in [4.78, 5) is 4.18. The highest BCUT2D eigenvalue weighted by atomic mass is 19.1. The van der Waals surface area contributed by atoms with Crippen molar-refractivity contribution in [2.75, 3.05) is 6.61 Å². The number of benzene rings is 1. The van der Waals surface area contributed by atoms with Crippen molar-refractivity contribution >= 4 is 0 Å². The van der Waals surface area contributed by atoms with E-state index in [-0.39, 0.29) is 25.6 Å². The van der Waals surface area contributed by atoms with Gasteiger partial charge in [-0.1, -0.05) is 24.3 Å². The van der Waals surface area contributed by atoms with Crippen LogP contribution in [0.25, 0.3) is 11.5 Å². The van der Waals surface area contributed by atoms with E-state index in [0.29, 0.717) is 17.1 Å². The van der Waals surface area contributed by atoms with Crippen LogP contribution < -0.4 is 0 Å². The Morgan fingerprint density at radius 3 is 2.79 bits per heavy atom. The number of ether oxygens (including phenoxy) is 1. The summed E-state index contributed by atoms with van der Waals surface area (Å²) in [6.07, 6.45) is 0.810. The molecule has 2 heterocycles. The summed E-state index contributed by atoms with van der Waals surface area (Å²) in [6.45, 7) is 0.276. The number of pyridine rings is 1. The fraction of sp³-hybridized carbons (Fsp3) is 0.250. The molecule has 2 aromatic heterocycles. The topological polar surface area (TPSA) is 86.0 Å². The average molecular weight is 329 g/mol. The van der Waals surface area contributed by atoms with Crippen LogP contribution in [-0.4, -0.2) is 43.0 Å². The molecule has 24 heavy (non-hydrogen) atoms. The highest BCUT2D eigenvalue weighted by Gasteiger charge is 2.14. The molecule has 3 rings (SSSR count). The van der Waals surface area contributed by atoms with E-state index in [0.717, 1.165) is 0 Å². The van der Waals surface area contributed by atoms with Crippen LogP contribution in [0.5, 0.6) is 0 Å². The monoisotopic (exact) mass is 329 g/mol. The van der Waals surface area contributed by atoms with Crippen molar-refractivity contribution in [1.29, 1.82) is 0 Å². The standard InChI is InChI=1S/C16H16FN5O2/c17-14-6-2-1-5-12(14)10-24-11-13(23)9-22-16(19-20-21-22)15-7-3-4-8-18-15/h1-8,13,23H,9-11H2/t13-/m0/s1. The molecule has 0 saturated carbocycles. The second-order valence-corrected chi connectivity index (χ2v) is 5.16. The largest absolute Gasteiger partial charge is 0.389 e. The molecule has 0 aliphatic heterocycles. The summed E-state index contributed by atoms with van der Waals surface area (Å²) in [5, 5.41) is 21.5. The Morgan fingerprint density at radius 2 is 2.00 bits per heavy atom. The van der Waals surface area contributed by atoms with Gasteiger partial charge in [0.25, 0.3) is 0 Å². The second kappa shape index (κ2) is 7.71. The highest BCUT2D eigenvalue weighted by molar-refractivity contribution is 5.47. The number of nitrogens with zero attached hydrogens (tertiary/aromatic N) is 5. The molecule has 1 aromatic carbocycles. The Morgan fingerprint density at radius 1 is 1.17 bits per heavy atom. The Hall–Kier alpha value is -2.71. The molecule has 7 nitrogen and oxygen atoms in total. The molecule has 0 radical (unpaired) electrons. The van der Waals surface area contributed by atoms with Crippen molar-refractivity contribution in [3.8, 4) is 11.5 Å². The number of aliphatic hydroxyl groups is 1. The van der Waals surface area contributed by atoms with Crippen LogP contribution in [0.3, 0.4) is 0 Å². The molecule has 1 atom stereocenters. The van der Waals surface area contributed by atoms with Gasteiger partial charge in [0.15, 0.2) is 0 Å². The summed E-state index contributed by atoms with van der Waals surface area (Å²) in [5.74, 6) is 0.133. The maximum Gasteiger partial charge on any atom is 0.200 e. The third-order valence-electron chi connectivity index (χ3n) is 3.34. The predicted octanol–water partition coefficient (Wildman–Crippen LogP) is 1.45. The second-order valence-electron chi connectivity index (χ2n) is 5.16. The summed E-state index contributed by atoms with van der Waals surface area (Å²) in [6, 6.07) is 11.8. The van der Waals surface area contributed by atoms with Crippen LogP contribution in [0.1, 0.15) is 5.56 Å². The summed E-state index contributed by atoms with van der Waals surface area (Å²) >= 11 is 0. The lowest BCUT2D eigenvalue weighted by Gasteiger charge is -2.12. The van der Waals surface area contributed by atoms with E-state index in [1.165, 1.54) is 10.7 Å². The summed E-state index contributed by atoms with van der Waals surface area (Å²) < 4.78 is 20.3. The number of halogens is 1. The summed E-state index contributed by atoms with van der Waals surface area (Å²) in [5.41, 5.74) is 1.06. The Labute approximate surface area is 137 Å². The minimum atomic E-state index is -0.831. The zero-order chi connectivity index (χ0) is 16.8. The van der Waals surface area contributed by atoms with Gasteiger partial charge in [0.05, 0.1) is 25.9 Å². The third-order valence-corrected chi connectivity index (χ3v) is 3.34. The first-order valence-electron chi connectivity index (χ1n) is 7.41. The lowest BCUT2D eigenvalue weighted by atomic mass is 10.2. The van der Waals surface area contributed by atoms with Gasteiger partial charge in [-0.15, -0.1) is 5.10 Å². The van der Waals surface area contributed by atoms with Crippen LogP contribution in [0.15, 0.2) is 48.7 Å². The first-order valence-corrected chi connectivity index (χ1v) is 7.41. The highest BCUT2D eigenvalue weighted by Crippen LogP contribution is 2.12. The first kappa shape index (κ1) is 16.2. The molecule has 1 N–H and O–H groups in total. The number of aromatic nitrogens is 5. The van der Waals surface area contributed by atoms with E-state index >= 15 is 0 Å². The number of hydrogen-bond donors (Lipinski definition) is 1. The molecular formula is C16H16FN5O2. The number of aliphatic hydroxyl groups excluding tert-OH is 1. The third kappa shape index (κ3) is 3.98. The van der Waals surface area contributed by atoms with Crippen LogP contribution in [-0.2, 0) is 17.9 Å². The Balaban J connectivity index is 1.55.